The van der Waals surface area contributed by atoms with E-state index >= 15 is 0 Å². The number of hydrogen-bond donors (Lipinski definition) is 0. The van der Waals surface area contributed by atoms with Crippen molar-refractivity contribution in [2.24, 2.45) is 5.41 Å². The molecule has 0 aliphatic carbocycles. The fourth-order valence-corrected chi connectivity index (χ4v) is 2.28. The van der Waals surface area contributed by atoms with E-state index in [1.807, 2.05) is 0 Å². The highest BCUT2D eigenvalue weighted by atomic mass is 16.5. The molecule has 2 nitrogen and oxygen atoms in total. The van der Waals surface area contributed by atoms with E-state index in [0.717, 1.165) is 19.7 Å². The Kier molecular flexibility index (Phi) is 5.67. The summed E-state index contributed by atoms with van der Waals surface area (Å²) < 4.78 is 5.89. The molecule has 1 aliphatic heterocycles. The minimum atomic E-state index is 0.312. The molecule has 1 saturated heterocycles. The van der Waals surface area contributed by atoms with Gasteiger partial charge in [0.25, 0.3) is 0 Å². The van der Waals surface area contributed by atoms with E-state index in [-0.39, 0.29) is 0 Å². The molecule has 0 atom stereocenters. The van der Waals surface area contributed by atoms with E-state index in [1.54, 1.807) is 0 Å². The van der Waals surface area contributed by atoms with Crippen molar-refractivity contribution in [2.45, 2.75) is 78.9 Å². The summed E-state index contributed by atoms with van der Waals surface area (Å²) in [5.41, 5.74) is 0.800. The zero-order valence-electron chi connectivity index (χ0n) is 13.4. The molecule has 2 heteroatoms. The minimum Gasteiger partial charge on any atom is -0.376 e. The van der Waals surface area contributed by atoms with Gasteiger partial charge in [-0.2, -0.15) is 0 Å². The van der Waals surface area contributed by atoms with Crippen molar-refractivity contribution >= 4 is 0 Å². The van der Waals surface area contributed by atoms with Crippen LogP contribution in [0.25, 0.3) is 0 Å². The van der Waals surface area contributed by atoms with Crippen molar-refractivity contribution in [3.05, 3.63) is 0 Å². The SMILES string of the molecule is CC(C)(C)CCCCCOC1CN(C(C)(C)C)C1. The van der Waals surface area contributed by atoms with Crippen LogP contribution in [0.4, 0.5) is 0 Å². The lowest BCUT2D eigenvalue weighted by Gasteiger charge is -2.47. The number of likely N-dealkylation sites (tertiary alicyclic amines) is 1. The summed E-state index contributed by atoms with van der Waals surface area (Å²) in [6, 6.07) is 0. The van der Waals surface area contributed by atoms with Crippen LogP contribution in [0.5, 0.6) is 0 Å². The standard InChI is InChI=1S/C16H33NO/c1-15(2,3)10-8-7-9-11-18-14-12-17(13-14)16(4,5)6/h14H,7-13H2,1-6H3. The van der Waals surface area contributed by atoms with Crippen LogP contribution in [0.2, 0.25) is 0 Å². The quantitative estimate of drug-likeness (QED) is 0.663. The lowest BCUT2D eigenvalue weighted by atomic mass is 9.89. The van der Waals surface area contributed by atoms with Crippen molar-refractivity contribution < 1.29 is 4.74 Å². The van der Waals surface area contributed by atoms with Gasteiger partial charge in [0.05, 0.1) is 6.10 Å². The van der Waals surface area contributed by atoms with Gasteiger partial charge in [-0.15, -0.1) is 0 Å². The third-order valence-electron chi connectivity index (χ3n) is 3.72. The predicted molar refractivity (Wildman–Crippen MR) is 79.0 cm³/mol. The second-order valence-electron chi connectivity index (χ2n) is 7.94. The average molecular weight is 255 g/mol. The Morgan fingerprint density at radius 1 is 0.944 bits per heavy atom. The molecule has 0 saturated carbocycles. The van der Waals surface area contributed by atoms with Crippen molar-refractivity contribution in [1.29, 1.82) is 0 Å². The Hall–Kier alpha value is -0.0800. The molecule has 108 valence electrons. The predicted octanol–water partition coefficient (Wildman–Crippen LogP) is 4.09. The van der Waals surface area contributed by atoms with Crippen LogP contribution in [0.3, 0.4) is 0 Å². The summed E-state index contributed by atoms with van der Waals surface area (Å²) in [4.78, 5) is 2.48. The van der Waals surface area contributed by atoms with Crippen LogP contribution in [-0.4, -0.2) is 36.2 Å². The second-order valence-corrected chi connectivity index (χ2v) is 7.94. The van der Waals surface area contributed by atoms with Gasteiger partial charge in [-0.25, -0.2) is 0 Å². The average Bonchev–Trinajstić information content (AvgIpc) is 2.09. The van der Waals surface area contributed by atoms with E-state index in [0.29, 0.717) is 17.1 Å². The summed E-state index contributed by atoms with van der Waals surface area (Å²) in [7, 11) is 0. The number of rotatable bonds is 6. The van der Waals surface area contributed by atoms with Crippen LogP contribution in [0, 0.1) is 5.41 Å². The molecule has 1 aliphatic rings. The molecule has 0 aromatic heterocycles. The van der Waals surface area contributed by atoms with Crippen LogP contribution < -0.4 is 0 Å². The first-order valence-corrected chi connectivity index (χ1v) is 7.55. The van der Waals surface area contributed by atoms with E-state index < -0.39 is 0 Å². The van der Waals surface area contributed by atoms with Crippen LogP contribution in [-0.2, 0) is 4.74 Å². The fraction of sp³-hybridized carbons (Fsp3) is 1.00. The molecule has 0 amide bonds. The van der Waals surface area contributed by atoms with Crippen LogP contribution in [0.1, 0.15) is 67.2 Å². The molecule has 0 bridgehead atoms. The van der Waals surface area contributed by atoms with Gasteiger partial charge in [-0.1, -0.05) is 33.6 Å². The maximum Gasteiger partial charge on any atom is 0.0829 e. The normalized spacial score (nSPS) is 19.0. The van der Waals surface area contributed by atoms with Gasteiger partial charge in [0.15, 0.2) is 0 Å². The molecule has 0 unspecified atom stereocenters. The van der Waals surface area contributed by atoms with Gasteiger partial charge in [0.1, 0.15) is 0 Å². The monoisotopic (exact) mass is 255 g/mol. The third kappa shape index (κ3) is 6.19. The van der Waals surface area contributed by atoms with Crippen molar-refractivity contribution in [3.8, 4) is 0 Å². The second kappa shape index (κ2) is 6.38. The van der Waals surface area contributed by atoms with Gasteiger partial charge < -0.3 is 4.74 Å². The largest absolute Gasteiger partial charge is 0.376 e. The lowest BCUT2D eigenvalue weighted by Crippen LogP contribution is -2.59. The minimum absolute atomic E-state index is 0.312. The summed E-state index contributed by atoms with van der Waals surface area (Å²) >= 11 is 0. The smallest absolute Gasteiger partial charge is 0.0829 e. The number of unbranched alkanes of at least 4 members (excludes halogenated alkanes) is 2. The van der Waals surface area contributed by atoms with Crippen LogP contribution in [0.15, 0.2) is 0 Å². The Balaban J connectivity index is 1.92. The molecule has 1 rings (SSSR count). The zero-order valence-corrected chi connectivity index (χ0v) is 13.4. The van der Waals surface area contributed by atoms with E-state index in [4.69, 9.17) is 4.74 Å². The van der Waals surface area contributed by atoms with Crippen LogP contribution >= 0.6 is 0 Å². The topological polar surface area (TPSA) is 12.5 Å². The number of hydrogen-bond acceptors (Lipinski definition) is 2. The van der Waals surface area contributed by atoms with Crippen molar-refractivity contribution in [1.82, 2.24) is 4.90 Å². The maximum absolute atomic E-state index is 5.89. The summed E-state index contributed by atoms with van der Waals surface area (Å²) in [6.45, 7) is 17.0. The molecule has 0 N–H and O–H groups in total. The van der Waals surface area contributed by atoms with Gasteiger partial charge in [-0.05, 0) is 39.0 Å². The Morgan fingerprint density at radius 2 is 1.56 bits per heavy atom. The summed E-state index contributed by atoms with van der Waals surface area (Å²) in [6.07, 6.45) is 5.70. The molecule has 18 heavy (non-hydrogen) atoms. The number of nitrogens with zero attached hydrogens (tertiary/aromatic N) is 1. The van der Waals surface area contributed by atoms with E-state index in [9.17, 15) is 0 Å². The molecule has 0 aromatic rings. The van der Waals surface area contributed by atoms with E-state index in [2.05, 4.69) is 46.4 Å². The highest BCUT2D eigenvalue weighted by Gasteiger charge is 2.34. The molecular weight excluding hydrogens is 222 g/mol. The molecule has 0 spiro atoms. The Bertz CT molecular complexity index is 230. The first-order valence-electron chi connectivity index (χ1n) is 7.55. The van der Waals surface area contributed by atoms with E-state index in [1.165, 1.54) is 25.7 Å². The number of ether oxygens (including phenoxy) is 1. The van der Waals surface area contributed by atoms with Crippen molar-refractivity contribution in [3.63, 3.8) is 0 Å². The van der Waals surface area contributed by atoms with Gasteiger partial charge in [0, 0.05) is 25.2 Å². The van der Waals surface area contributed by atoms with Gasteiger partial charge >= 0.3 is 0 Å². The third-order valence-corrected chi connectivity index (χ3v) is 3.72. The molecular formula is C16H33NO. The molecule has 1 fully saturated rings. The highest BCUT2D eigenvalue weighted by Crippen LogP contribution is 2.24. The van der Waals surface area contributed by atoms with Gasteiger partial charge in [-0.3, -0.25) is 4.90 Å². The van der Waals surface area contributed by atoms with Gasteiger partial charge in [0.2, 0.25) is 0 Å². The Morgan fingerprint density at radius 3 is 2.06 bits per heavy atom. The molecule has 0 radical (unpaired) electrons. The summed E-state index contributed by atoms with van der Waals surface area (Å²) in [5.74, 6) is 0. The first-order chi connectivity index (χ1) is 8.18. The Labute approximate surface area is 114 Å². The first kappa shape index (κ1) is 16.0. The highest BCUT2D eigenvalue weighted by molar-refractivity contribution is 4.89. The summed E-state index contributed by atoms with van der Waals surface area (Å²) in [5, 5.41) is 0. The maximum atomic E-state index is 5.89. The fourth-order valence-electron chi connectivity index (χ4n) is 2.28. The lowest BCUT2D eigenvalue weighted by molar-refractivity contribution is -0.0892. The van der Waals surface area contributed by atoms with Crippen molar-refractivity contribution in [2.75, 3.05) is 19.7 Å². The molecule has 1 heterocycles. The molecule has 0 aromatic carbocycles. The zero-order chi connectivity index (χ0) is 13.8.